The van der Waals surface area contributed by atoms with Crippen LogP contribution in [0.2, 0.25) is 0 Å². The van der Waals surface area contributed by atoms with Gasteiger partial charge in [0.1, 0.15) is 0 Å². The van der Waals surface area contributed by atoms with Crippen LogP contribution in [-0.4, -0.2) is 42.8 Å². The lowest BCUT2D eigenvalue weighted by Gasteiger charge is -2.49. The first-order valence-corrected chi connectivity index (χ1v) is 7.13. The van der Waals surface area contributed by atoms with Gasteiger partial charge in [-0.05, 0) is 25.2 Å². The molecule has 1 atom stereocenters. The van der Waals surface area contributed by atoms with Gasteiger partial charge in [0.25, 0.3) is 0 Å². The van der Waals surface area contributed by atoms with Crippen LogP contribution in [0.25, 0.3) is 0 Å². The number of nitrogens with one attached hydrogen (secondary N) is 1. The van der Waals surface area contributed by atoms with E-state index in [1.165, 1.54) is 0 Å². The second-order valence-electron chi connectivity index (χ2n) is 5.69. The topological polar surface area (TPSA) is 15.3 Å². The number of nitrogens with zero attached hydrogens (tertiary/aromatic N) is 1. The fraction of sp³-hybridized carbons (Fsp3) is 1.00. The molecule has 1 saturated heterocycles. The van der Waals surface area contributed by atoms with Crippen LogP contribution in [0.4, 0.5) is 4.39 Å². The molecule has 1 aliphatic rings. The Morgan fingerprint density at radius 2 is 2.00 bits per heavy atom. The van der Waals surface area contributed by atoms with Gasteiger partial charge in [-0.2, -0.15) is 0 Å². The van der Waals surface area contributed by atoms with E-state index < -0.39 is 0 Å². The first-order valence-electron chi connectivity index (χ1n) is 7.13. The molecule has 1 N–H and O–H groups in total. The summed E-state index contributed by atoms with van der Waals surface area (Å²) in [5.41, 5.74) is 0.252. The van der Waals surface area contributed by atoms with Crippen LogP contribution < -0.4 is 5.32 Å². The van der Waals surface area contributed by atoms with Crippen molar-refractivity contribution in [3.63, 3.8) is 0 Å². The van der Waals surface area contributed by atoms with E-state index in [1.807, 2.05) is 0 Å². The Morgan fingerprint density at radius 1 is 1.35 bits per heavy atom. The van der Waals surface area contributed by atoms with Crippen molar-refractivity contribution in [1.82, 2.24) is 10.2 Å². The van der Waals surface area contributed by atoms with E-state index in [9.17, 15) is 4.39 Å². The molecule has 0 aliphatic carbocycles. The largest absolute Gasteiger partial charge is 0.308 e. The standard InChI is InChI=1S/C14H29FN2/c1-5-14(6-2)11-17(9-7-8-15)13(10-16-14)12(3)4/h12-13,16H,5-11H2,1-4H3. The van der Waals surface area contributed by atoms with E-state index in [-0.39, 0.29) is 12.2 Å². The zero-order valence-corrected chi connectivity index (χ0v) is 11.9. The average molecular weight is 244 g/mol. The maximum atomic E-state index is 12.4. The molecule has 1 fully saturated rings. The number of alkyl halides is 1. The van der Waals surface area contributed by atoms with E-state index in [2.05, 4.69) is 37.9 Å². The summed E-state index contributed by atoms with van der Waals surface area (Å²) in [6, 6.07) is 0.563. The third-order valence-electron chi connectivity index (χ3n) is 4.36. The van der Waals surface area contributed by atoms with Crippen LogP contribution in [0.5, 0.6) is 0 Å². The predicted molar refractivity (Wildman–Crippen MR) is 72.1 cm³/mol. The Kier molecular flexibility index (Phi) is 5.87. The van der Waals surface area contributed by atoms with Crippen molar-refractivity contribution in [1.29, 1.82) is 0 Å². The number of hydrogen-bond donors (Lipinski definition) is 1. The molecule has 1 heterocycles. The Morgan fingerprint density at radius 3 is 2.47 bits per heavy atom. The van der Waals surface area contributed by atoms with Gasteiger partial charge in [-0.25, -0.2) is 0 Å². The second-order valence-corrected chi connectivity index (χ2v) is 5.69. The summed E-state index contributed by atoms with van der Waals surface area (Å²) in [6.45, 7) is 11.9. The smallest absolute Gasteiger partial charge is 0.0906 e. The van der Waals surface area contributed by atoms with Gasteiger partial charge in [0.2, 0.25) is 0 Å². The van der Waals surface area contributed by atoms with E-state index in [4.69, 9.17) is 0 Å². The molecule has 102 valence electrons. The van der Waals surface area contributed by atoms with Gasteiger partial charge in [0, 0.05) is 31.2 Å². The second kappa shape index (κ2) is 6.69. The van der Waals surface area contributed by atoms with Gasteiger partial charge in [0.15, 0.2) is 0 Å². The van der Waals surface area contributed by atoms with Crippen LogP contribution in [0.1, 0.15) is 47.0 Å². The van der Waals surface area contributed by atoms with Gasteiger partial charge in [0.05, 0.1) is 6.67 Å². The minimum atomic E-state index is -0.194. The minimum Gasteiger partial charge on any atom is -0.308 e. The monoisotopic (exact) mass is 244 g/mol. The van der Waals surface area contributed by atoms with Crippen LogP contribution >= 0.6 is 0 Å². The van der Waals surface area contributed by atoms with Gasteiger partial charge < -0.3 is 5.32 Å². The summed E-state index contributed by atoms with van der Waals surface area (Å²) < 4.78 is 12.4. The SMILES string of the molecule is CCC1(CC)CN(CCCF)C(C(C)C)CN1. The molecule has 17 heavy (non-hydrogen) atoms. The summed E-state index contributed by atoms with van der Waals surface area (Å²) >= 11 is 0. The number of piperazine rings is 1. The Balaban J connectivity index is 2.68. The summed E-state index contributed by atoms with van der Waals surface area (Å²) in [4.78, 5) is 2.51. The molecule has 0 amide bonds. The van der Waals surface area contributed by atoms with Crippen molar-refractivity contribution in [2.45, 2.75) is 58.5 Å². The zero-order chi connectivity index (χ0) is 12.9. The highest BCUT2D eigenvalue weighted by molar-refractivity contribution is 4.97. The van der Waals surface area contributed by atoms with Crippen LogP contribution in [0.3, 0.4) is 0 Å². The lowest BCUT2D eigenvalue weighted by atomic mass is 9.86. The zero-order valence-electron chi connectivity index (χ0n) is 11.9. The van der Waals surface area contributed by atoms with Crippen LogP contribution in [0.15, 0.2) is 0 Å². The third-order valence-corrected chi connectivity index (χ3v) is 4.36. The maximum Gasteiger partial charge on any atom is 0.0906 e. The highest BCUT2D eigenvalue weighted by Crippen LogP contribution is 2.25. The highest BCUT2D eigenvalue weighted by atomic mass is 19.1. The summed E-state index contributed by atoms with van der Waals surface area (Å²) in [7, 11) is 0. The van der Waals surface area contributed by atoms with Crippen molar-refractivity contribution in [3.8, 4) is 0 Å². The number of rotatable bonds is 6. The van der Waals surface area contributed by atoms with Crippen molar-refractivity contribution >= 4 is 0 Å². The summed E-state index contributed by atoms with van der Waals surface area (Å²) in [6.07, 6.45) is 2.98. The van der Waals surface area contributed by atoms with Crippen molar-refractivity contribution in [2.75, 3.05) is 26.3 Å². The molecule has 0 radical (unpaired) electrons. The number of halogens is 1. The van der Waals surface area contributed by atoms with E-state index in [1.54, 1.807) is 0 Å². The fourth-order valence-corrected chi connectivity index (χ4v) is 2.90. The third kappa shape index (κ3) is 3.65. The molecule has 0 aromatic rings. The molecule has 1 unspecified atom stereocenters. The molecule has 0 aromatic heterocycles. The van der Waals surface area contributed by atoms with Crippen LogP contribution in [-0.2, 0) is 0 Å². The molecule has 2 nitrogen and oxygen atoms in total. The lowest BCUT2D eigenvalue weighted by Crippen LogP contribution is -2.65. The molecule has 0 spiro atoms. The quantitative estimate of drug-likeness (QED) is 0.773. The van der Waals surface area contributed by atoms with Gasteiger partial charge in [-0.15, -0.1) is 0 Å². The maximum absolute atomic E-state index is 12.4. The summed E-state index contributed by atoms with van der Waals surface area (Å²) in [5, 5.41) is 3.73. The Labute approximate surface area is 106 Å². The molecular weight excluding hydrogens is 215 g/mol. The Hall–Kier alpha value is -0.150. The van der Waals surface area contributed by atoms with E-state index in [0.29, 0.717) is 18.4 Å². The molecule has 1 rings (SSSR count). The van der Waals surface area contributed by atoms with E-state index >= 15 is 0 Å². The molecular formula is C14H29FN2. The highest BCUT2D eigenvalue weighted by Gasteiger charge is 2.37. The molecule has 3 heteroatoms. The number of hydrogen-bond acceptors (Lipinski definition) is 2. The first-order chi connectivity index (χ1) is 8.08. The van der Waals surface area contributed by atoms with Crippen molar-refractivity contribution in [2.24, 2.45) is 5.92 Å². The molecule has 0 aromatic carbocycles. The molecule has 0 saturated carbocycles. The van der Waals surface area contributed by atoms with Gasteiger partial charge >= 0.3 is 0 Å². The molecule has 0 bridgehead atoms. The van der Waals surface area contributed by atoms with Crippen molar-refractivity contribution in [3.05, 3.63) is 0 Å². The average Bonchev–Trinajstić information content (AvgIpc) is 2.35. The predicted octanol–water partition coefficient (Wildman–Crippen LogP) is 2.83. The lowest BCUT2D eigenvalue weighted by molar-refractivity contribution is 0.0483. The Bertz CT molecular complexity index is 214. The van der Waals surface area contributed by atoms with Gasteiger partial charge in [-0.3, -0.25) is 9.29 Å². The minimum absolute atomic E-state index is 0.194. The van der Waals surface area contributed by atoms with Crippen molar-refractivity contribution < 1.29 is 4.39 Å². The molecule has 1 aliphatic heterocycles. The normalized spacial score (nSPS) is 25.4. The van der Waals surface area contributed by atoms with E-state index in [0.717, 1.165) is 32.5 Å². The summed E-state index contributed by atoms with van der Waals surface area (Å²) in [5.74, 6) is 0.633. The van der Waals surface area contributed by atoms with Gasteiger partial charge in [-0.1, -0.05) is 27.7 Å². The first kappa shape index (κ1) is 14.9. The fourth-order valence-electron chi connectivity index (χ4n) is 2.90. The van der Waals surface area contributed by atoms with Crippen LogP contribution in [0, 0.1) is 5.92 Å².